The smallest absolute Gasteiger partial charge is 0.193 e. The van der Waals surface area contributed by atoms with Gasteiger partial charge in [-0.1, -0.05) is 30.3 Å². The van der Waals surface area contributed by atoms with E-state index < -0.39 is 0 Å². The van der Waals surface area contributed by atoms with Crippen LogP contribution in [0.1, 0.15) is 51.0 Å². The van der Waals surface area contributed by atoms with Gasteiger partial charge in [0.05, 0.1) is 18.8 Å². The molecule has 2 saturated heterocycles. The van der Waals surface area contributed by atoms with E-state index in [2.05, 4.69) is 59.4 Å². The molecule has 1 aromatic rings. The molecular formula is C25H43IN4O2. The number of nitrogens with one attached hydrogen (secondary N) is 1. The minimum Gasteiger partial charge on any atom is -0.376 e. The van der Waals surface area contributed by atoms with Crippen LogP contribution in [-0.2, 0) is 16.0 Å². The molecule has 2 aliphatic rings. The average molecular weight is 559 g/mol. The first-order valence-electron chi connectivity index (χ1n) is 12.2. The molecule has 3 rings (SSSR count). The fraction of sp³-hybridized carbons (Fsp3) is 0.720. The summed E-state index contributed by atoms with van der Waals surface area (Å²) in [6, 6.07) is 10.7. The van der Waals surface area contributed by atoms with Gasteiger partial charge < -0.3 is 24.6 Å². The summed E-state index contributed by atoms with van der Waals surface area (Å²) in [6.07, 6.45) is 7.49. The van der Waals surface area contributed by atoms with Crippen molar-refractivity contribution >= 4 is 29.9 Å². The molecule has 182 valence electrons. The number of piperidine rings is 1. The second kappa shape index (κ2) is 15.9. The van der Waals surface area contributed by atoms with Gasteiger partial charge in [0.25, 0.3) is 0 Å². The second-order valence-corrected chi connectivity index (χ2v) is 8.82. The van der Waals surface area contributed by atoms with Crippen LogP contribution in [0.3, 0.4) is 0 Å². The normalized spacial score (nSPS) is 20.3. The Hall–Kier alpha value is -0.900. The van der Waals surface area contributed by atoms with Crippen LogP contribution in [0.25, 0.3) is 0 Å². The average Bonchev–Trinajstić information content (AvgIpc) is 2.81. The zero-order valence-corrected chi connectivity index (χ0v) is 22.3. The van der Waals surface area contributed by atoms with Gasteiger partial charge in [-0.25, -0.2) is 0 Å². The van der Waals surface area contributed by atoms with Gasteiger partial charge in [-0.15, -0.1) is 24.0 Å². The highest BCUT2D eigenvalue weighted by atomic mass is 127. The molecule has 2 fully saturated rings. The van der Waals surface area contributed by atoms with Crippen LogP contribution < -0.4 is 5.32 Å². The Morgan fingerprint density at radius 3 is 2.66 bits per heavy atom. The van der Waals surface area contributed by atoms with Gasteiger partial charge in [0.15, 0.2) is 5.96 Å². The molecule has 2 heterocycles. The van der Waals surface area contributed by atoms with Crippen LogP contribution in [0.4, 0.5) is 0 Å². The number of hydrogen-bond donors (Lipinski definition) is 1. The van der Waals surface area contributed by atoms with Crippen molar-refractivity contribution in [2.24, 2.45) is 4.99 Å². The quantitative estimate of drug-likeness (QED) is 0.203. The summed E-state index contributed by atoms with van der Waals surface area (Å²) in [6.45, 7) is 9.63. The number of aliphatic imine (C=N–C) groups is 1. The topological polar surface area (TPSA) is 49.3 Å². The molecule has 1 unspecified atom stereocenters. The van der Waals surface area contributed by atoms with Gasteiger partial charge in [-0.3, -0.25) is 4.99 Å². The molecule has 1 N–H and O–H groups in total. The minimum absolute atomic E-state index is 0. The number of nitrogens with zero attached hydrogens (tertiary/aromatic N) is 3. The predicted molar refractivity (Wildman–Crippen MR) is 143 cm³/mol. The van der Waals surface area contributed by atoms with Crippen molar-refractivity contribution in [3.05, 3.63) is 35.9 Å². The Kier molecular flexibility index (Phi) is 13.5. The highest BCUT2D eigenvalue weighted by Crippen LogP contribution is 2.18. The molecule has 1 aromatic carbocycles. The Bertz CT molecular complexity index is 632. The van der Waals surface area contributed by atoms with Crippen molar-refractivity contribution in [3.63, 3.8) is 0 Å². The Morgan fingerprint density at radius 1 is 1.19 bits per heavy atom. The number of hydrogen-bond acceptors (Lipinski definition) is 4. The third kappa shape index (κ3) is 9.93. The highest BCUT2D eigenvalue weighted by molar-refractivity contribution is 14.0. The number of halogens is 1. The first-order valence-corrected chi connectivity index (χ1v) is 12.2. The zero-order chi connectivity index (χ0) is 21.7. The van der Waals surface area contributed by atoms with E-state index in [9.17, 15) is 0 Å². The molecule has 0 spiro atoms. The summed E-state index contributed by atoms with van der Waals surface area (Å²) in [7, 11) is 2.19. The molecule has 0 bridgehead atoms. The van der Waals surface area contributed by atoms with E-state index in [1.807, 2.05) is 0 Å². The number of rotatable bonds is 10. The molecule has 32 heavy (non-hydrogen) atoms. The van der Waals surface area contributed by atoms with Crippen molar-refractivity contribution in [2.75, 3.05) is 53.0 Å². The van der Waals surface area contributed by atoms with Gasteiger partial charge in [0.2, 0.25) is 0 Å². The van der Waals surface area contributed by atoms with Gasteiger partial charge in [-0.2, -0.15) is 0 Å². The molecule has 2 aliphatic heterocycles. The third-order valence-electron chi connectivity index (χ3n) is 6.12. The lowest BCUT2D eigenvalue weighted by atomic mass is 10.1. The fourth-order valence-electron chi connectivity index (χ4n) is 4.34. The van der Waals surface area contributed by atoms with E-state index in [4.69, 9.17) is 14.5 Å². The number of likely N-dealkylation sites (tertiary alicyclic amines) is 1. The van der Waals surface area contributed by atoms with E-state index in [0.29, 0.717) is 12.2 Å². The molecule has 0 aromatic heterocycles. The van der Waals surface area contributed by atoms with Crippen molar-refractivity contribution < 1.29 is 9.47 Å². The van der Waals surface area contributed by atoms with E-state index >= 15 is 0 Å². The maximum atomic E-state index is 6.17. The summed E-state index contributed by atoms with van der Waals surface area (Å²) in [5, 5.41) is 3.48. The maximum absolute atomic E-state index is 6.17. The summed E-state index contributed by atoms with van der Waals surface area (Å²) >= 11 is 0. The van der Waals surface area contributed by atoms with Crippen LogP contribution in [0, 0.1) is 0 Å². The standard InChI is InChI=1S/C25H42N4O2.HI/c1-3-26-25(27-15-9-16-28(2)20-22-10-5-4-6-11-22)29-17-13-23(14-18-29)31-21-24-12-7-8-19-30-24;/h4-6,10-11,23-24H,3,7-9,12-21H2,1-2H3,(H,26,27);1H. The lowest BCUT2D eigenvalue weighted by molar-refractivity contribution is -0.0721. The molecule has 0 amide bonds. The van der Waals surface area contributed by atoms with E-state index in [0.717, 1.165) is 84.1 Å². The van der Waals surface area contributed by atoms with Crippen molar-refractivity contribution in [2.45, 2.75) is 64.2 Å². The van der Waals surface area contributed by atoms with E-state index in [1.165, 1.54) is 18.4 Å². The molecule has 7 heteroatoms. The van der Waals surface area contributed by atoms with Crippen molar-refractivity contribution in [1.29, 1.82) is 0 Å². The van der Waals surface area contributed by atoms with Crippen LogP contribution in [0.2, 0.25) is 0 Å². The Morgan fingerprint density at radius 2 is 1.97 bits per heavy atom. The van der Waals surface area contributed by atoms with E-state index in [-0.39, 0.29) is 24.0 Å². The maximum Gasteiger partial charge on any atom is 0.193 e. The SMILES string of the molecule is CCNC(=NCCCN(C)Cc1ccccc1)N1CCC(OCC2CCCCO2)CC1.I. The van der Waals surface area contributed by atoms with Crippen LogP contribution in [0.15, 0.2) is 35.3 Å². The van der Waals surface area contributed by atoms with Crippen molar-refractivity contribution in [1.82, 2.24) is 15.1 Å². The Balaban J connectivity index is 0.00000363. The zero-order valence-electron chi connectivity index (χ0n) is 20.0. The molecule has 6 nitrogen and oxygen atoms in total. The van der Waals surface area contributed by atoms with Gasteiger partial charge in [-0.05, 0) is 64.6 Å². The molecule has 1 atom stereocenters. The molecule has 0 radical (unpaired) electrons. The lowest BCUT2D eigenvalue weighted by Gasteiger charge is -2.35. The summed E-state index contributed by atoms with van der Waals surface area (Å²) in [5.74, 6) is 1.06. The van der Waals surface area contributed by atoms with Gasteiger partial charge >= 0.3 is 0 Å². The van der Waals surface area contributed by atoms with Crippen molar-refractivity contribution in [3.8, 4) is 0 Å². The fourth-order valence-corrected chi connectivity index (χ4v) is 4.34. The third-order valence-corrected chi connectivity index (χ3v) is 6.12. The highest BCUT2D eigenvalue weighted by Gasteiger charge is 2.23. The number of benzene rings is 1. The molecule has 0 aliphatic carbocycles. The van der Waals surface area contributed by atoms with Gasteiger partial charge in [0, 0.05) is 39.3 Å². The number of ether oxygens (including phenoxy) is 2. The minimum atomic E-state index is 0. The molecular weight excluding hydrogens is 515 g/mol. The van der Waals surface area contributed by atoms with Crippen LogP contribution >= 0.6 is 24.0 Å². The predicted octanol–water partition coefficient (Wildman–Crippen LogP) is 4.14. The summed E-state index contributed by atoms with van der Waals surface area (Å²) < 4.78 is 12.0. The summed E-state index contributed by atoms with van der Waals surface area (Å²) in [4.78, 5) is 9.67. The summed E-state index contributed by atoms with van der Waals surface area (Å²) in [5.41, 5.74) is 1.36. The molecule has 0 saturated carbocycles. The first-order chi connectivity index (χ1) is 15.2. The lowest BCUT2D eigenvalue weighted by Crippen LogP contribution is -2.47. The monoisotopic (exact) mass is 558 g/mol. The van der Waals surface area contributed by atoms with Crippen LogP contribution in [-0.4, -0.2) is 81.0 Å². The van der Waals surface area contributed by atoms with Gasteiger partial charge in [0.1, 0.15) is 0 Å². The van der Waals surface area contributed by atoms with Crippen LogP contribution in [0.5, 0.6) is 0 Å². The Labute approximate surface area is 212 Å². The van der Waals surface area contributed by atoms with E-state index in [1.54, 1.807) is 0 Å². The largest absolute Gasteiger partial charge is 0.376 e. The number of guanidine groups is 1. The first kappa shape index (κ1) is 27.3. The second-order valence-electron chi connectivity index (χ2n) is 8.82.